The summed E-state index contributed by atoms with van der Waals surface area (Å²) in [4.78, 5) is 224. The second-order valence-corrected chi connectivity index (χ2v) is 24.7. The van der Waals surface area contributed by atoms with E-state index < -0.39 is 233 Å². The van der Waals surface area contributed by atoms with Gasteiger partial charge in [-0.05, 0) is 91.1 Å². The van der Waals surface area contributed by atoms with Crippen LogP contribution in [0.1, 0.15) is 130 Å². The van der Waals surface area contributed by atoms with E-state index in [1.54, 1.807) is 42.5 Å². The van der Waals surface area contributed by atoms with Crippen LogP contribution in [0.15, 0.2) is 66.7 Å². The summed E-state index contributed by atoms with van der Waals surface area (Å²) in [5.41, 5.74) is 6.83. The number of hydrogen-bond donors (Lipinski definition) is 18. The van der Waals surface area contributed by atoms with Crippen molar-refractivity contribution in [3.63, 3.8) is 0 Å². The number of carbonyl (C=O) groups is 18. The molecule has 115 heavy (non-hydrogen) atoms. The molecule has 0 heterocycles. The Morgan fingerprint density at radius 2 is 0.591 bits per heavy atom. The second kappa shape index (κ2) is 54.1. The fourth-order valence-electron chi connectivity index (χ4n) is 9.89. The van der Waals surface area contributed by atoms with Gasteiger partial charge in [0, 0.05) is 63.7 Å². The number of carboxylic acids is 8. The van der Waals surface area contributed by atoms with E-state index in [0.717, 1.165) is 0 Å². The molecule has 3 aromatic carbocycles. The molecule has 0 aliphatic heterocycles. The van der Waals surface area contributed by atoms with Crippen LogP contribution in [0.5, 0.6) is 0 Å². The minimum Gasteiger partial charge on any atom is -0.481 e. The number of benzene rings is 3. The van der Waals surface area contributed by atoms with Gasteiger partial charge in [0.05, 0.1) is 70.6 Å². The Labute approximate surface area is 655 Å². The fraction of sp³-hybridized carbons (Fsp3) is 0.452. The van der Waals surface area contributed by atoms with Gasteiger partial charge >= 0.3 is 47.8 Å². The molecular formula is C73H94N10O32. The third kappa shape index (κ3) is 42.5. The summed E-state index contributed by atoms with van der Waals surface area (Å²) < 4.78 is 31.7. The molecule has 0 bridgehead atoms. The molecule has 0 saturated carbocycles. The SMILES string of the molecule is NC(=O)COCCOCCNC(=O)[C@H](CCC(=O)O)NC(=O)[C@H](CCC(=O)O)NC(=O)COCCOCCNC(=O)[C@H](CCC(=O)O)NC(=O)[C@H](CCC(=O)O)NC(=O)COCCOCCNC(=O)[C@H](CCC(=O)O)NC(=O)[C@H](CCC(=O)O)NC(=O)c1cc(/C=C/c2ccc(C(=O)O)cc2)ccc1/C=C/c1ccc(C(=O)O)cc1. The van der Waals surface area contributed by atoms with Gasteiger partial charge in [-0.3, -0.25) is 76.7 Å². The highest BCUT2D eigenvalue weighted by Crippen LogP contribution is 2.20. The highest BCUT2D eigenvalue weighted by Gasteiger charge is 2.32. The lowest BCUT2D eigenvalue weighted by molar-refractivity contribution is -0.140. The lowest BCUT2D eigenvalue weighted by Crippen LogP contribution is -2.54. The fourth-order valence-corrected chi connectivity index (χ4v) is 9.89. The van der Waals surface area contributed by atoms with Crippen molar-refractivity contribution in [1.82, 2.24) is 47.9 Å². The number of hydrogen-bond acceptors (Lipinski definition) is 24. The highest BCUT2D eigenvalue weighted by molar-refractivity contribution is 6.03. The lowest BCUT2D eigenvalue weighted by Gasteiger charge is -2.23. The molecular weight excluding hydrogens is 1530 g/mol. The number of aromatic carboxylic acids is 2. The third-order valence-corrected chi connectivity index (χ3v) is 15.7. The maximum absolute atomic E-state index is 14.3. The topological polar surface area (TPSA) is 659 Å². The number of rotatable bonds is 61. The lowest BCUT2D eigenvalue weighted by atomic mass is 10.00. The summed E-state index contributed by atoms with van der Waals surface area (Å²) in [5, 5.41) is 96.6. The number of primary amides is 1. The minimum absolute atomic E-state index is 0.0139. The van der Waals surface area contributed by atoms with Crippen LogP contribution in [0, 0.1) is 0 Å². The molecule has 0 unspecified atom stereocenters. The largest absolute Gasteiger partial charge is 0.481 e. The Balaban J connectivity index is 1.54. The summed E-state index contributed by atoms with van der Waals surface area (Å²) in [6, 6.07) is 6.92. The second-order valence-electron chi connectivity index (χ2n) is 24.7. The van der Waals surface area contributed by atoms with Crippen LogP contribution in [0.4, 0.5) is 0 Å². The number of carboxylic acid groups (broad SMARTS) is 8. The van der Waals surface area contributed by atoms with E-state index in [1.807, 2.05) is 0 Å². The maximum Gasteiger partial charge on any atom is 0.335 e. The van der Waals surface area contributed by atoms with Gasteiger partial charge in [0.2, 0.25) is 53.2 Å². The molecule has 0 spiro atoms. The first-order valence-electron chi connectivity index (χ1n) is 35.6. The van der Waals surface area contributed by atoms with E-state index >= 15 is 0 Å². The van der Waals surface area contributed by atoms with Gasteiger partial charge in [0.15, 0.2) is 0 Å². The molecule has 0 fully saturated rings. The van der Waals surface area contributed by atoms with E-state index in [9.17, 15) is 127 Å². The number of nitrogens with one attached hydrogen (secondary N) is 9. The summed E-state index contributed by atoms with van der Waals surface area (Å²) in [6.07, 6.45) is -0.332. The zero-order valence-corrected chi connectivity index (χ0v) is 62.2. The van der Waals surface area contributed by atoms with Gasteiger partial charge in [-0.1, -0.05) is 60.7 Å². The molecule has 3 aromatic rings. The number of amides is 10. The molecule has 6 atom stereocenters. The van der Waals surface area contributed by atoms with Crippen LogP contribution in [0.2, 0.25) is 0 Å². The molecule has 10 amide bonds. The molecule has 19 N–H and O–H groups in total. The van der Waals surface area contributed by atoms with Crippen molar-refractivity contribution in [2.24, 2.45) is 5.73 Å². The van der Waals surface area contributed by atoms with Gasteiger partial charge in [-0.2, -0.15) is 0 Å². The minimum atomic E-state index is -1.64. The molecule has 628 valence electrons. The predicted molar refractivity (Wildman–Crippen MR) is 396 cm³/mol. The van der Waals surface area contributed by atoms with Crippen LogP contribution < -0.4 is 53.6 Å². The number of ether oxygens (including phenoxy) is 6. The molecule has 42 heteroatoms. The van der Waals surface area contributed by atoms with Crippen molar-refractivity contribution in [3.05, 3.63) is 106 Å². The zero-order chi connectivity index (χ0) is 85.2. The zero-order valence-electron chi connectivity index (χ0n) is 62.2. The summed E-state index contributed by atoms with van der Waals surface area (Å²) >= 11 is 0. The van der Waals surface area contributed by atoms with E-state index in [4.69, 9.17) is 34.2 Å². The summed E-state index contributed by atoms with van der Waals surface area (Å²) in [6.45, 7) is -3.85. The molecule has 0 aromatic heterocycles. The molecule has 42 nitrogen and oxygen atoms in total. The van der Waals surface area contributed by atoms with Crippen molar-refractivity contribution in [1.29, 1.82) is 0 Å². The van der Waals surface area contributed by atoms with Crippen LogP contribution in [0.3, 0.4) is 0 Å². The number of carbonyl (C=O) groups excluding carboxylic acids is 10. The van der Waals surface area contributed by atoms with Gasteiger partial charge in [0.25, 0.3) is 5.91 Å². The van der Waals surface area contributed by atoms with Gasteiger partial charge < -0.3 is 123 Å². The number of aliphatic carboxylic acids is 6. The van der Waals surface area contributed by atoms with E-state index in [1.165, 1.54) is 48.5 Å². The maximum atomic E-state index is 14.3. The van der Waals surface area contributed by atoms with E-state index in [2.05, 4.69) is 47.9 Å². The summed E-state index contributed by atoms with van der Waals surface area (Å²) in [5.74, 6) is -19.7. The Kier molecular flexibility index (Phi) is 45.4. The predicted octanol–water partition coefficient (Wildman–Crippen LogP) is -1.93. The van der Waals surface area contributed by atoms with Crippen molar-refractivity contribution < 1.29 is 156 Å². The van der Waals surface area contributed by atoms with Crippen LogP contribution in [0.25, 0.3) is 24.3 Å². The van der Waals surface area contributed by atoms with Crippen molar-refractivity contribution >= 4 is 131 Å². The third-order valence-electron chi connectivity index (χ3n) is 15.7. The quantitative estimate of drug-likeness (QED) is 0.0216. The van der Waals surface area contributed by atoms with Crippen molar-refractivity contribution in [2.45, 2.75) is 113 Å². The monoisotopic (exact) mass is 1620 g/mol. The Bertz CT molecular complexity index is 3890. The standard InChI is InChI=1S/C73H94N10O32/c74-56(84)40-113-36-33-110-30-27-75-66(100)50(15-21-59(87)88)81-69(103)53(18-24-62(93)94)78-57(85)41-114-37-34-111-31-28-76-67(101)51(16-22-60(89)90)82-70(104)54(19-25-63(95)96)79-58(86)42-115-38-35-112-32-29-77-68(102)52(17-23-61(91)92)83-71(105)55(20-26-64(97)98)80-65(99)49-39-45(2-1-43-4-11-47(12-5-43)72(106)107)8-10-46(49)9-3-44-6-13-48(14-7-44)73(108)109/h1-14,39,50-55H,15-38,40-42H2,(H2,74,84)(H,75,100)(H,76,101)(H,77,102)(H,78,85)(H,79,86)(H,80,99)(H,81,103)(H,82,104)(H,83,105)(H,87,88)(H,89,90)(H,91,92)(H,93,94)(H,95,96)(H,97,98)(H,106,107)(H,108,109)/b2-1+,9-3+/t50-,51-,52-,53-,54-,55-/m0/s1. The molecule has 3 rings (SSSR count). The average Bonchev–Trinajstić information content (AvgIpc) is 0.823. The van der Waals surface area contributed by atoms with E-state index in [-0.39, 0.29) is 108 Å². The number of nitrogens with two attached hydrogens (primary N) is 1. The van der Waals surface area contributed by atoms with Crippen molar-refractivity contribution in [3.8, 4) is 0 Å². The van der Waals surface area contributed by atoms with Crippen LogP contribution in [-0.2, 0) is 100 Å². The Morgan fingerprint density at radius 1 is 0.313 bits per heavy atom. The first kappa shape index (κ1) is 96.6. The van der Waals surface area contributed by atoms with Gasteiger partial charge in [-0.15, -0.1) is 0 Å². The normalized spacial score (nSPS) is 12.6. The Morgan fingerprint density at radius 3 is 0.904 bits per heavy atom. The van der Waals surface area contributed by atoms with Gasteiger partial charge in [-0.25, -0.2) is 9.59 Å². The molecule has 0 saturated heterocycles. The Hall–Kier alpha value is -12.6. The molecule has 0 radical (unpaired) electrons. The van der Waals surface area contributed by atoms with Crippen LogP contribution in [-0.4, -0.2) is 283 Å². The summed E-state index contributed by atoms with van der Waals surface area (Å²) in [7, 11) is 0. The molecule has 0 aliphatic rings. The molecule has 0 aliphatic carbocycles. The first-order chi connectivity index (χ1) is 54.7. The van der Waals surface area contributed by atoms with Gasteiger partial charge in [0.1, 0.15) is 56.1 Å². The highest BCUT2D eigenvalue weighted by atomic mass is 16.5. The van der Waals surface area contributed by atoms with E-state index in [0.29, 0.717) is 16.7 Å². The first-order valence-corrected chi connectivity index (χ1v) is 35.6. The average molecular weight is 1620 g/mol. The van der Waals surface area contributed by atoms with Crippen molar-refractivity contribution in [2.75, 3.05) is 98.9 Å². The smallest absolute Gasteiger partial charge is 0.335 e. The van der Waals surface area contributed by atoms with Crippen LogP contribution >= 0.6 is 0 Å².